The van der Waals surface area contributed by atoms with Crippen molar-refractivity contribution in [3.63, 3.8) is 0 Å². The third kappa shape index (κ3) is 2.25. The van der Waals surface area contributed by atoms with Gasteiger partial charge in [0.05, 0.1) is 12.3 Å². The van der Waals surface area contributed by atoms with Gasteiger partial charge in [0, 0.05) is 24.0 Å². The molecule has 1 aromatic rings. The maximum absolute atomic E-state index is 6.11. The molecule has 17 heavy (non-hydrogen) atoms. The first-order chi connectivity index (χ1) is 8.24. The van der Waals surface area contributed by atoms with Crippen molar-refractivity contribution in [1.29, 1.82) is 0 Å². The Labute approximate surface area is 106 Å². The lowest BCUT2D eigenvalue weighted by molar-refractivity contribution is -0.0210. The molecule has 94 valence electrons. The zero-order valence-electron chi connectivity index (χ0n) is 10.2. The van der Waals surface area contributed by atoms with E-state index >= 15 is 0 Å². The summed E-state index contributed by atoms with van der Waals surface area (Å²) in [5, 5.41) is 1.12. The second kappa shape index (κ2) is 4.65. The minimum absolute atomic E-state index is 0.144. The zero-order valence-corrected chi connectivity index (χ0v) is 11.0. The summed E-state index contributed by atoms with van der Waals surface area (Å²) < 4.78 is 5.81. The molecule has 1 fully saturated rings. The highest BCUT2D eigenvalue weighted by molar-refractivity contribution is 7.11. The number of thiazole rings is 1. The minimum atomic E-state index is 0.144. The fraction of sp³-hybridized carbons (Fsp3) is 0.750. The molecule has 2 unspecified atom stereocenters. The average Bonchev–Trinajstić information content (AvgIpc) is 2.74. The van der Waals surface area contributed by atoms with Crippen LogP contribution in [0.5, 0.6) is 0 Å². The molecule has 2 atom stereocenters. The van der Waals surface area contributed by atoms with E-state index in [9.17, 15) is 0 Å². The molecule has 2 aliphatic rings. The second-order valence-electron chi connectivity index (χ2n) is 4.98. The standard InChI is InChI=1S/C12H19N3OS/c1-15-5-6-16-9(7-15)12-14-11-8(13)3-2-4-10(11)17-12/h8-9H,2-7,13H2,1H3. The number of nitrogens with two attached hydrogens (primary N) is 1. The van der Waals surface area contributed by atoms with Crippen molar-refractivity contribution >= 4 is 11.3 Å². The van der Waals surface area contributed by atoms with Crippen LogP contribution in [-0.2, 0) is 11.2 Å². The normalized spacial score (nSPS) is 30.2. The Balaban J connectivity index is 1.83. The summed E-state index contributed by atoms with van der Waals surface area (Å²) >= 11 is 1.80. The van der Waals surface area contributed by atoms with Crippen LogP contribution in [0.4, 0.5) is 0 Å². The maximum atomic E-state index is 6.11. The van der Waals surface area contributed by atoms with Crippen molar-refractivity contribution in [3.05, 3.63) is 15.6 Å². The lowest BCUT2D eigenvalue weighted by atomic mass is 9.99. The largest absolute Gasteiger partial charge is 0.368 e. The van der Waals surface area contributed by atoms with Gasteiger partial charge in [-0.3, -0.25) is 0 Å². The van der Waals surface area contributed by atoms with Gasteiger partial charge in [-0.1, -0.05) is 0 Å². The number of ether oxygens (including phenoxy) is 1. The fourth-order valence-corrected chi connectivity index (χ4v) is 3.75. The van der Waals surface area contributed by atoms with Crippen molar-refractivity contribution < 1.29 is 4.74 Å². The molecule has 0 spiro atoms. The van der Waals surface area contributed by atoms with E-state index in [1.54, 1.807) is 11.3 Å². The smallest absolute Gasteiger partial charge is 0.123 e. The Bertz CT molecular complexity index is 406. The van der Waals surface area contributed by atoms with Crippen molar-refractivity contribution in [2.75, 3.05) is 26.7 Å². The highest BCUT2D eigenvalue weighted by atomic mass is 32.1. The van der Waals surface area contributed by atoms with Crippen LogP contribution in [0, 0.1) is 0 Å². The zero-order chi connectivity index (χ0) is 11.8. The molecule has 1 saturated heterocycles. The number of aryl methyl sites for hydroxylation is 1. The Morgan fingerprint density at radius 2 is 2.41 bits per heavy atom. The van der Waals surface area contributed by atoms with Crippen LogP contribution in [0.15, 0.2) is 0 Å². The van der Waals surface area contributed by atoms with Gasteiger partial charge in [-0.15, -0.1) is 11.3 Å². The summed E-state index contributed by atoms with van der Waals surface area (Å²) in [7, 11) is 2.13. The molecule has 0 bridgehead atoms. The molecule has 0 aromatic carbocycles. The summed E-state index contributed by atoms with van der Waals surface area (Å²) in [6.07, 6.45) is 3.56. The Kier molecular flexibility index (Phi) is 3.17. The van der Waals surface area contributed by atoms with Gasteiger partial charge in [0.2, 0.25) is 0 Å². The van der Waals surface area contributed by atoms with Crippen LogP contribution in [-0.4, -0.2) is 36.6 Å². The van der Waals surface area contributed by atoms with E-state index in [4.69, 9.17) is 15.5 Å². The highest BCUT2D eigenvalue weighted by Crippen LogP contribution is 2.35. The highest BCUT2D eigenvalue weighted by Gasteiger charge is 2.27. The van der Waals surface area contributed by atoms with Crippen molar-refractivity contribution in [3.8, 4) is 0 Å². The van der Waals surface area contributed by atoms with E-state index in [1.165, 1.54) is 11.3 Å². The number of likely N-dealkylation sites (N-methyl/N-ethyl adjacent to an activating group) is 1. The first kappa shape index (κ1) is 11.6. The van der Waals surface area contributed by atoms with Crippen molar-refractivity contribution in [2.45, 2.75) is 31.4 Å². The Morgan fingerprint density at radius 3 is 3.18 bits per heavy atom. The summed E-state index contributed by atoms with van der Waals surface area (Å²) in [6, 6.07) is 0.144. The van der Waals surface area contributed by atoms with Crippen LogP contribution in [0.1, 0.15) is 40.6 Å². The van der Waals surface area contributed by atoms with Crippen molar-refractivity contribution in [2.24, 2.45) is 5.73 Å². The molecule has 2 N–H and O–H groups in total. The number of hydrogen-bond donors (Lipinski definition) is 1. The lowest BCUT2D eigenvalue weighted by Gasteiger charge is -2.28. The quantitative estimate of drug-likeness (QED) is 0.823. The summed E-state index contributed by atoms with van der Waals surface area (Å²) in [4.78, 5) is 8.42. The molecule has 5 heteroatoms. The number of fused-ring (bicyclic) bond motifs is 1. The van der Waals surface area contributed by atoms with Gasteiger partial charge in [0.15, 0.2) is 0 Å². The summed E-state index contributed by atoms with van der Waals surface area (Å²) in [5.74, 6) is 0. The number of aromatic nitrogens is 1. The lowest BCUT2D eigenvalue weighted by Crippen LogP contribution is -2.35. The van der Waals surface area contributed by atoms with E-state index in [2.05, 4.69) is 11.9 Å². The first-order valence-electron chi connectivity index (χ1n) is 6.29. The molecule has 0 radical (unpaired) electrons. The van der Waals surface area contributed by atoms with E-state index in [1.807, 2.05) is 0 Å². The Morgan fingerprint density at radius 1 is 1.53 bits per heavy atom. The first-order valence-corrected chi connectivity index (χ1v) is 7.11. The molecular weight excluding hydrogens is 234 g/mol. The number of nitrogens with zero attached hydrogens (tertiary/aromatic N) is 2. The van der Waals surface area contributed by atoms with Gasteiger partial charge in [-0.25, -0.2) is 4.98 Å². The van der Waals surface area contributed by atoms with Crippen LogP contribution >= 0.6 is 11.3 Å². The molecule has 4 nitrogen and oxygen atoms in total. The van der Waals surface area contributed by atoms with Crippen molar-refractivity contribution in [1.82, 2.24) is 9.88 Å². The number of rotatable bonds is 1. The predicted molar refractivity (Wildman–Crippen MR) is 68.2 cm³/mol. The van der Waals surface area contributed by atoms with Gasteiger partial charge in [-0.2, -0.15) is 0 Å². The van der Waals surface area contributed by atoms with E-state index in [0.717, 1.165) is 43.2 Å². The second-order valence-corrected chi connectivity index (χ2v) is 6.10. The van der Waals surface area contributed by atoms with Gasteiger partial charge in [0.1, 0.15) is 11.1 Å². The minimum Gasteiger partial charge on any atom is -0.368 e. The van der Waals surface area contributed by atoms with E-state index in [0.29, 0.717) is 0 Å². The molecule has 1 aromatic heterocycles. The summed E-state index contributed by atoms with van der Waals surface area (Å²) in [6.45, 7) is 2.76. The number of morpholine rings is 1. The van der Waals surface area contributed by atoms with Crippen LogP contribution in [0.25, 0.3) is 0 Å². The molecular formula is C12H19N3OS. The van der Waals surface area contributed by atoms with Gasteiger partial charge < -0.3 is 15.4 Å². The predicted octanol–water partition coefficient (Wildman–Crippen LogP) is 1.48. The van der Waals surface area contributed by atoms with E-state index in [-0.39, 0.29) is 12.1 Å². The monoisotopic (exact) mass is 253 g/mol. The average molecular weight is 253 g/mol. The molecule has 2 heterocycles. The molecule has 0 amide bonds. The van der Waals surface area contributed by atoms with E-state index < -0.39 is 0 Å². The van der Waals surface area contributed by atoms with Crippen LogP contribution in [0.3, 0.4) is 0 Å². The number of hydrogen-bond acceptors (Lipinski definition) is 5. The fourth-order valence-electron chi connectivity index (χ4n) is 2.54. The van der Waals surface area contributed by atoms with Crippen LogP contribution < -0.4 is 5.73 Å². The third-order valence-electron chi connectivity index (χ3n) is 3.56. The molecule has 0 saturated carbocycles. The molecule has 1 aliphatic carbocycles. The van der Waals surface area contributed by atoms with Gasteiger partial charge in [0.25, 0.3) is 0 Å². The maximum Gasteiger partial charge on any atom is 0.123 e. The summed E-state index contributed by atoms with van der Waals surface area (Å²) in [5.41, 5.74) is 7.24. The molecule has 1 aliphatic heterocycles. The topological polar surface area (TPSA) is 51.4 Å². The SMILES string of the molecule is CN1CCOC(c2nc3c(s2)CCCC3N)C1. The van der Waals surface area contributed by atoms with Crippen LogP contribution in [0.2, 0.25) is 0 Å². The third-order valence-corrected chi connectivity index (χ3v) is 4.78. The van der Waals surface area contributed by atoms with Gasteiger partial charge in [-0.05, 0) is 26.3 Å². The molecule has 3 rings (SSSR count). The van der Waals surface area contributed by atoms with Gasteiger partial charge >= 0.3 is 0 Å². The Hall–Kier alpha value is -0.490.